The van der Waals surface area contributed by atoms with Gasteiger partial charge in [-0.2, -0.15) is 0 Å². The molecule has 0 radical (unpaired) electrons. The fraction of sp³-hybridized carbons (Fsp3) is 0.677. The van der Waals surface area contributed by atoms with E-state index >= 15 is 0 Å². The minimum Gasteiger partial charge on any atom is -0.462 e. The van der Waals surface area contributed by atoms with Gasteiger partial charge in [0.15, 0.2) is 6.10 Å². The van der Waals surface area contributed by atoms with Crippen molar-refractivity contribution in [3.63, 3.8) is 0 Å². The molecule has 71 heavy (non-hydrogen) atoms. The summed E-state index contributed by atoms with van der Waals surface area (Å²) in [4.78, 5) is 38.1. The Balaban J connectivity index is 4.44. The molecule has 0 rings (SSSR count). The molecular formula is C65H108O6. The lowest BCUT2D eigenvalue weighted by atomic mass is 10.0. The van der Waals surface area contributed by atoms with E-state index in [1.807, 2.05) is 6.08 Å². The largest absolute Gasteiger partial charge is 0.462 e. The number of esters is 3. The van der Waals surface area contributed by atoms with E-state index in [9.17, 15) is 14.4 Å². The van der Waals surface area contributed by atoms with E-state index in [-0.39, 0.29) is 37.5 Å². The maximum absolute atomic E-state index is 12.9. The molecule has 0 aromatic carbocycles. The van der Waals surface area contributed by atoms with E-state index in [0.717, 1.165) is 116 Å². The van der Waals surface area contributed by atoms with Crippen LogP contribution < -0.4 is 0 Å². The van der Waals surface area contributed by atoms with Gasteiger partial charge in [0.1, 0.15) is 13.2 Å². The summed E-state index contributed by atoms with van der Waals surface area (Å²) in [6, 6.07) is 0. The molecule has 6 nitrogen and oxygen atoms in total. The first-order valence-corrected chi connectivity index (χ1v) is 29.4. The third kappa shape index (κ3) is 56.9. The minimum absolute atomic E-state index is 0.110. The van der Waals surface area contributed by atoms with E-state index in [1.165, 1.54) is 103 Å². The molecule has 0 saturated carbocycles. The second-order valence-corrected chi connectivity index (χ2v) is 19.1. The highest BCUT2D eigenvalue weighted by atomic mass is 16.6. The molecular weight excluding hydrogens is 877 g/mol. The van der Waals surface area contributed by atoms with Crippen LogP contribution in [0.15, 0.2) is 109 Å². The van der Waals surface area contributed by atoms with Crippen molar-refractivity contribution in [2.45, 2.75) is 271 Å². The lowest BCUT2D eigenvalue weighted by Crippen LogP contribution is -2.30. The number of unbranched alkanes of at least 4 members (excludes halogenated alkanes) is 23. The van der Waals surface area contributed by atoms with E-state index in [4.69, 9.17) is 14.2 Å². The summed E-state index contributed by atoms with van der Waals surface area (Å²) < 4.78 is 16.8. The first kappa shape index (κ1) is 67.1. The van der Waals surface area contributed by atoms with Crippen LogP contribution in [-0.4, -0.2) is 37.2 Å². The zero-order valence-corrected chi connectivity index (χ0v) is 46.2. The van der Waals surface area contributed by atoms with Crippen LogP contribution in [0.4, 0.5) is 0 Å². The molecule has 0 spiro atoms. The smallest absolute Gasteiger partial charge is 0.306 e. The second-order valence-electron chi connectivity index (χ2n) is 19.1. The van der Waals surface area contributed by atoms with Gasteiger partial charge in [-0.15, -0.1) is 0 Å². The lowest BCUT2D eigenvalue weighted by Gasteiger charge is -2.18. The van der Waals surface area contributed by atoms with Gasteiger partial charge in [-0.1, -0.05) is 265 Å². The molecule has 1 atom stereocenters. The molecule has 0 saturated heterocycles. The molecule has 404 valence electrons. The van der Waals surface area contributed by atoms with E-state index in [2.05, 4.69) is 124 Å². The van der Waals surface area contributed by atoms with Crippen molar-refractivity contribution in [1.29, 1.82) is 0 Å². The second kappa shape index (κ2) is 58.6. The van der Waals surface area contributed by atoms with Gasteiger partial charge < -0.3 is 14.2 Å². The van der Waals surface area contributed by atoms with E-state index in [1.54, 1.807) is 0 Å². The molecule has 0 aromatic rings. The van der Waals surface area contributed by atoms with Crippen LogP contribution in [-0.2, 0) is 28.6 Å². The SMILES string of the molecule is CC/C=C\C/C=C\C/C=C\C/C=C\C/C=C\CCCCCCCC(=O)OCC(COC(=O)CC/C=C\C/C=C\C/C=C\C/C=C\CC)OC(=O)CCCCCCCCCCCCCCCCCCCCC. The minimum atomic E-state index is -0.816. The normalized spacial score (nSPS) is 12.9. The number of allylic oxidation sites excluding steroid dienone is 18. The number of carbonyl (C=O) groups excluding carboxylic acids is 3. The van der Waals surface area contributed by atoms with E-state index < -0.39 is 6.10 Å². The number of hydrogen-bond acceptors (Lipinski definition) is 6. The molecule has 0 fully saturated rings. The van der Waals surface area contributed by atoms with Gasteiger partial charge in [0.25, 0.3) is 0 Å². The third-order valence-corrected chi connectivity index (χ3v) is 12.3. The number of hydrogen-bond donors (Lipinski definition) is 0. The Morgan fingerprint density at radius 2 is 0.577 bits per heavy atom. The van der Waals surface area contributed by atoms with Gasteiger partial charge in [0.05, 0.1) is 0 Å². The molecule has 0 aliphatic heterocycles. The highest BCUT2D eigenvalue weighted by Gasteiger charge is 2.19. The van der Waals surface area contributed by atoms with Crippen molar-refractivity contribution in [2.24, 2.45) is 0 Å². The molecule has 0 N–H and O–H groups in total. The average Bonchev–Trinajstić information content (AvgIpc) is 3.37. The van der Waals surface area contributed by atoms with Crippen molar-refractivity contribution in [3.8, 4) is 0 Å². The van der Waals surface area contributed by atoms with Crippen molar-refractivity contribution < 1.29 is 28.6 Å². The van der Waals surface area contributed by atoms with E-state index in [0.29, 0.717) is 19.3 Å². The Bertz CT molecular complexity index is 1460. The standard InChI is InChI=1S/C65H108O6/c1-4-7-10-13-16-19-22-25-27-29-31-32-34-35-37-40-43-46-49-52-55-58-64(67)70-61-62(60-69-63(66)57-54-51-48-45-42-39-24-21-18-15-12-9-6-3)71-65(68)59-56-53-50-47-44-41-38-36-33-30-28-26-23-20-17-14-11-8-5-2/h7,9-10,12,16,18-19,21,25,27,31-32,35,37,39,42,48,51,62H,4-6,8,11,13-15,17,20,22-24,26,28-30,33-34,36,38,40-41,43-47,49-50,52-61H2,1-3H3/b10-7-,12-9-,19-16-,21-18-,27-25-,32-31-,37-35-,42-39-,51-48-. The number of ether oxygens (including phenoxy) is 3. The Morgan fingerprint density at radius 1 is 0.296 bits per heavy atom. The zero-order chi connectivity index (χ0) is 51.4. The van der Waals surface area contributed by atoms with Crippen LogP contribution >= 0.6 is 0 Å². The highest BCUT2D eigenvalue weighted by molar-refractivity contribution is 5.71. The average molecular weight is 986 g/mol. The molecule has 0 amide bonds. The molecule has 1 unspecified atom stereocenters. The number of carbonyl (C=O) groups is 3. The Hall–Kier alpha value is -3.93. The van der Waals surface area contributed by atoms with Crippen molar-refractivity contribution in [1.82, 2.24) is 0 Å². The van der Waals surface area contributed by atoms with Crippen LogP contribution in [0.5, 0.6) is 0 Å². The van der Waals surface area contributed by atoms with Crippen LogP contribution in [0.1, 0.15) is 265 Å². The summed E-state index contributed by atoms with van der Waals surface area (Å²) in [5.74, 6) is -1.01. The molecule has 0 aliphatic carbocycles. The predicted molar refractivity (Wildman–Crippen MR) is 307 cm³/mol. The Morgan fingerprint density at radius 3 is 0.944 bits per heavy atom. The third-order valence-electron chi connectivity index (χ3n) is 12.3. The summed E-state index contributed by atoms with van der Waals surface area (Å²) in [5.41, 5.74) is 0. The van der Waals surface area contributed by atoms with Gasteiger partial charge in [-0.05, 0) is 89.9 Å². The summed E-state index contributed by atoms with van der Waals surface area (Å²) in [7, 11) is 0. The van der Waals surface area contributed by atoms with Gasteiger partial charge >= 0.3 is 17.9 Å². The van der Waals surface area contributed by atoms with Crippen LogP contribution in [0.3, 0.4) is 0 Å². The fourth-order valence-corrected chi connectivity index (χ4v) is 7.95. The number of rotatable bonds is 52. The van der Waals surface area contributed by atoms with Crippen molar-refractivity contribution in [3.05, 3.63) is 109 Å². The van der Waals surface area contributed by atoms with Gasteiger partial charge in [0.2, 0.25) is 0 Å². The van der Waals surface area contributed by atoms with Crippen molar-refractivity contribution in [2.75, 3.05) is 13.2 Å². The molecule has 0 aromatic heterocycles. The fourth-order valence-electron chi connectivity index (χ4n) is 7.95. The molecule has 0 aliphatic rings. The monoisotopic (exact) mass is 985 g/mol. The van der Waals surface area contributed by atoms with Gasteiger partial charge in [-0.3, -0.25) is 14.4 Å². The van der Waals surface area contributed by atoms with Crippen LogP contribution in [0, 0.1) is 0 Å². The predicted octanol–water partition coefficient (Wildman–Crippen LogP) is 19.9. The first-order valence-electron chi connectivity index (χ1n) is 29.4. The Labute approximate surface area is 438 Å². The highest BCUT2D eigenvalue weighted by Crippen LogP contribution is 2.16. The van der Waals surface area contributed by atoms with Gasteiger partial charge in [0, 0.05) is 19.3 Å². The van der Waals surface area contributed by atoms with Crippen molar-refractivity contribution >= 4 is 17.9 Å². The van der Waals surface area contributed by atoms with Gasteiger partial charge in [-0.25, -0.2) is 0 Å². The maximum atomic E-state index is 12.9. The van der Waals surface area contributed by atoms with Crippen LogP contribution in [0.25, 0.3) is 0 Å². The molecule has 0 heterocycles. The quantitative estimate of drug-likeness (QED) is 0.0261. The zero-order valence-electron chi connectivity index (χ0n) is 46.2. The maximum Gasteiger partial charge on any atom is 0.306 e. The molecule has 6 heteroatoms. The summed E-state index contributed by atoms with van der Waals surface area (Å²) in [6.45, 7) is 6.34. The summed E-state index contributed by atoms with van der Waals surface area (Å²) >= 11 is 0. The first-order chi connectivity index (χ1) is 35.0. The lowest BCUT2D eigenvalue weighted by molar-refractivity contribution is -0.166. The molecule has 0 bridgehead atoms. The summed E-state index contributed by atoms with van der Waals surface area (Å²) in [6.07, 6.45) is 79.6. The topological polar surface area (TPSA) is 78.9 Å². The Kier molecular flexibility index (Phi) is 55.4. The van der Waals surface area contributed by atoms with Crippen LogP contribution in [0.2, 0.25) is 0 Å². The summed E-state index contributed by atoms with van der Waals surface area (Å²) in [5, 5.41) is 0.